The van der Waals surface area contributed by atoms with E-state index in [1.54, 1.807) is 23.1 Å². The number of hydrogen-bond acceptors (Lipinski definition) is 5. The van der Waals surface area contributed by atoms with Crippen LogP contribution in [0.4, 0.5) is 0 Å². The number of unbranched alkanes of at least 4 members (excludes halogenated alkanes) is 2. The SMILES string of the molecule is O=C(O)CCNC(=O)CCCCCN1C(=O)/C(=C/c2ccc(Cl)cc2)SC1=S. The van der Waals surface area contributed by atoms with Gasteiger partial charge in [-0.05, 0) is 36.6 Å². The molecule has 0 saturated carbocycles. The number of nitrogens with zero attached hydrogens (tertiary/aromatic N) is 1. The van der Waals surface area contributed by atoms with Crippen molar-refractivity contribution in [1.82, 2.24) is 10.2 Å². The highest BCUT2D eigenvalue weighted by Crippen LogP contribution is 2.32. The van der Waals surface area contributed by atoms with Gasteiger partial charge in [0.1, 0.15) is 4.32 Å². The third-order valence-electron chi connectivity index (χ3n) is 3.99. The Morgan fingerprint density at radius 3 is 2.57 bits per heavy atom. The molecule has 0 radical (unpaired) electrons. The van der Waals surface area contributed by atoms with Gasteiger partial charge in [0.15, 0.2) is 0 Å². The van der Waals surface area contributed by atoms with Crippen LogP contribution in [0.15, 0.2) is 29.2 Å². The summed E-state index contributed by atoms with van der Waals surface area (Å²) in [5.74, 6) is -1.19. The Balaban J connectivity index is 1.72. The van der Waals surface area contributed by atoms with E-state index < -0.39 is 5.97 Å². The number of rotatable bonds is 10. The first-order valence-corrected chi connectivity index (χ1v) is 10.5. The Morgan fingerprint density at radius 2 is 1.89 bits per heavy atom. The number of halogens is 1. The van der Waals surface area contributed by atoms with Crippen LogP contribution >= 0.6 is 35.6 Å². The van der Waals surface area contributed by atoms with Crippen molar-refractivity contribution in [3.8, 4) is 0 Å². The molecule has 1 fully saturated rings. The third-order valence-corrected chi connectivity index (χ3v) is 5.62. The van der Waals surface area contributed by atoms with E-state index in [4.69, 9.17) is 28.9 Å². The maximum atomic E-state index is 12.5. The lowest BCUT2D eigenvalue weighted by molar-refractivity contribution is -0.137. The number of aliphatic carboxylic acids is 1. The van der Waals surface area contributed by atoms with Gasteiger partial charge in [-0.2, -0.15) is 0 Å². The lowest BCUT2D eigenvalue weighted by Crippen LogP contribution is -2.29. The fourth-order valence-corrected chi connectivity index (χ4v) is 3.97. The number of hydrogen-bond donors (Lipinski definition) is 2. The smallest absolute Gasteiger partial charge is 0.305 e. The van der Waals surface area contributed by atoms with Gasteiger partial charge in [0.05, 0.1) is 11.3 Å². The van der Waals surface area contributed by atoms with E-state index in [9.17, 15) is 14.4 Å². The molecule has 0 bridgehead atoms. The molecule has 0 atom stereocenters. The quantitative estimate of drug-likeness (QED) is 0.328. The van der Waals surface area contributed by atoms with Crippen LogP contribution in [0.5, 0.6) is 0 Å². The van der Waals surface area contributed by atoms with Crippen molar-refractivity contribution in [1.29, 1.82) is 0 Å². The number of nitrogens with one attached hydrogen (secondary N) is 1. The Labute approximate surface area is 178 Å². The number of carboxylic acids is 1. The number of carbonyl (C=O) groups is 3. The summed E-state index contributed by atoms with van der Waals surface area (Å²) in [7, 11) is 0. The van der Waals surface area contributed by atoms with Crippen molar-refractivity contribution < 1.29 is 19.5 Å². The molecule has 1 aromatic carbocycles. The molecule has 150 valence electrons. The molecule has 1 aromatic rings. The molecule has 0 unspecified atom stereocenters. The van der Waals surface area contributed by atoms with Crippen LogP contribution < -0.4 is 5.32 Å². The normalized spacial score (nSPS) is 15.3. The lowest BCUT2D eigenvalue weighted by Gasteiger charge is -2.14. The molecule has 6 nitrogen and oxygen atoms in total. The minimum absolute atomic E-state index is 0.0796. The van der Waals surface area contributed by atoms with Crippen molar-refractivity contribution in [3.05, 3.63) is 39.8 Å². The van der Waals surface area contributed by atoms with Crippen molar-refractivity contribution in [2.45, 2.75) is 32.1 Å². The van der Waals surface area contributed by atoms with Crippen LogP contribution in [0, 0.1) is 0 Å². The van der Waals surface area contributed by atoms with Crippen LogP contribution in [-0.2, 0) is 14.4 Å². The second-order valence-corrected chi connectivity index (χ2v) is 8.30. The number of thiocarbonyl (C=S) groups is 1. The molecule has 0 aliphatic carbocycles. The lowest BCUT2D eigenvalue weighted by atomic mass is 10.1. The molecular formula is C19H21ClN2O4S2. The summed E-state index contributed by atoms with van der Waals surface area (Å²) in [6, 6.07) is 7.23. The minimum Gasteiger partial charge on any atom is -0.481 e. The summed E-state index contributed by atoms with van der Waals surface area (Å²) in [5, 5.41) is 11.7. The zero-order chi connectivity index (χ0) is 20.5. The van der Waals surface area contributed by atoms with Crippen LogP contribution in [0.1, 0.15) is 37.7 Å². The van der Waals surface area contributed by atoms with Crippen LogP contribution in [-0.4, -0.2) is 45.2 Å². The maximum Gasteiger partial charge on any atom is 0.305 e. The molecule has 1 heterocycles. The van der Waals surface area contributed by atoms with Gasteiger partial charge < -0.3 is 10.4 Å². The van der Waals surface area contributed by atoms with Crippen LogP contribution in [0.3, 0.4) is 0 Å². The number of carbonyl (C=O) groups excluding carboxylic acids is 2. The average Bonchev–Trinajstić information content (AvgIpc) is 2.90. The van der Waals surface area contributed by atoms with Gasteiger partial charge in [0, 0.05) is 24.5 Å². The zero-order valence-corrected chi connectivity index (χ0v) is 17.5. The second kappa shape index (κ2) is 11.2. The fraction of sp³-hybridized carbons (Fsp3) is 0.368. The molecule has 1 aliphatic heterocycles. The molecule has 0 spiro atoms. The third kappa shape index (κ3) is 7.26. The predicted octanol–water partition coefficient (Wildman–Crippen LogP) is 3.69. The molecule has 2 rings (SSSR count). The zero-order valence-electron chi connectivity index (χ0n) is 15.2. The number of thioether (sulfide) groups is 1. The van der Waals surface area contributed by atoms with Gasteiger partial charge in [-0.15, -0.1) is 0 Å². The predicted molar refractivity (Wildman–Crippen MR) is 115 cm³/mol. The molecule has 2 N–H and O–H groups in total. The molecule has 1 aliphatic rings. The van der Waals surface area contributed by atoms with Gasteiger partial charge in [-0.1, -0.05) is 54.1 Å². The summed E-state index contributed by atoms with van der Waals surface area (Å²) in [4.78, 5) is 36.7. The molecule has 1 saturated heterocycles. The maximum absolute atomic E-state index is 12.5. The second-order valence-electron chi connectivity index (χ2n) is 6.19. The van der Waals surface area contributed by atoms with E-state index in [0.717, 1.165) is 18.4 Å². The van der Waals surface area contributed by atoms with Gasteiger partial charge in [-0.25, -0.2) is 0 Å². The van der Waals surface area contributed by atoms with E-state index in [1.807, 2.05) is 12.1 Å². The molecule has 28 heavy (non-hydrogen) atoms. The molecule has 2 amide bonds. The van der Waals surface area contributed by atoms with Crippen LogP contribution in [0.25, 0.3) is 6.08 Å². The van der Waals surface area contributed by atoms with E-state index in [0.29, 0.717) is 33.6 Å². The topological polar surface area (TPSA) is 86.7 Å². The van der Waals surface area contributed by atoms with E-state index in [2.05, 4.69) is 5.32 Å². The Bertz CT molecular complexity index is 781. The standard InChI is InChI=1S/C19H21ClN2O4S2/c20-14-7-5-13(6-8-14)12-15-18(26)22(19(27)28-15)11-3-1-2-4-16(23)21-10-9-17(24)25/h5-8,12H,1-4,9-11H2,(H,21,23)(H,24,25)/b15-12-. The summed E-state index contributed by atoms with van der Waals surface area (Å²) in [6.45, 7) is 0.661. The highest BCUT2D eigenvalue weighted by molar-refractivity contribution is 8.26. The highest BCUT2D eigenvalue weighted by Gasteiger charge is 2.31. The summed E-state index contributed by atoms with van der Waals surface area (Å²) in [6.07, 6.45) is 4.26. The Hall–Kier alpha value is -1.90. The first-order chi connectivity index (χ1) is 13.4. The fourth-order valence-electron chi connectivity index (χ4n) is 2.53. The molecule has 0 aromatic heterocycles. The minimum atomic E-state index is -0.936. The van der Waals surface area contributed by atoms with E-state index >= 15 is 0 Å². The highest BCUT2D eigenvalue weighted by atomic mass is 35.5. The van der Waals surface area contributed by atoms with Crippen molar-refractivity contribution >= 4 is 63.8 Å². The number of benzene rings is 1. The van der Waals surface area contributed by atoms with Crippen LogP contribution in [0.2, 0.25) is 5.02 Å². The Kier molecular flexibility index (Phi) is 8.95. The number of amides is 2. The van der Waals surface area contributed by atoms with Gasteiger partial charge in [0.2, 0.25) is 5.91 Å². The van der Waals surface area contributed by atoms with Crippen molar-refractivity contribution in [2.24, 2.45) is 0 Å². The van der Waals surface area contributed by atoms with Gasteiger partial charge >= 0.3 is 5.97 Å². The molecular weight excluding hydrogens is 420 g/mol. The monoisotopic (exact) mass is 440 g/mol. The van der Waals surface area contributed by atoms with E-state index in [1.165, 1.54) is 11.8 Å². The van der Waals surface area contributed by atoms with Crippen molar-refractivity contribution in [2.75, 3.05) is 13.1 Å². The summed E-state index contributed by atoms with van der Waals surface area (Å²) in [5.41, 5.74) is 0.888. The van der Waals surface area contributed by atoms with Gasteiger partial charge in [-0.3, -0.25) is 19.3 Å². The first-order valence-electron chi connectivity index (χ1n) is 8.86. The van der Waals surface area contributed by atoms with E-state index in [-0.39, 0.29) is 24.8 Å². The largest absolute Gasteiger partial charge is 0.481 e. The summed E-state index contributed by atoms with van der Waals surface area (Å²) >= 11 is 12.5. The average molecular weight is 441 g/mol. The molecule has 9 heteroatoms. The van der Waals surface area contributed by atoms with Crippen molar-refractivity contribution in [3.63, 3.8) is 0 Å². The van der Waals surface area contributed by atoms with Gasteiger partial charge in [0.25, 0.3) is 5.91 Å². The summed E-state index contributed by atoms with van der Waals surface area (Å²) < 4.78 is 0.539. The first kappa shape index (κ1) is 22.4. The Morgan fingerprint density at radius 1 is 1.18 bits per heavy atom. The number of carboxylic acid groups (broad SMARTS) is 1.